The van der Waals surface area contributed by atoms with Gasteiger partial charge in [0.05, 0.1) is 10.6 Å². The molecule has 0 bridgehead atoms. The number of nitrogens with one attached hydrogen (secondary N) is 1. The molecule has 1 N–H and O–H groups in total. The van der Waals surface area contributed by atoms with E-state index in [9.17, 15) is 22.0 Å². The van der Waals surface area contributed by atoms with Crippen LogP contribution in [0.4, 0.5) is 14.5 Å². The van der Waals surface area contributed by atoms with Crippen molar-refractivity contribution < 1.29 is 22.0 Å². The zero-order chi connectivity index (χ0) is 21.0. The van der Waals surface area contributed by atoms with E-state index in [0.29, 0.717) is 36.0 Å². The van der Waals surface area contributed by atoms with Gasteiger partial charge in [-0.2, -0.15) is 4.31 Å². The number of nitrogens with zero attached hydrogens (tertiary/aromatic N) is 1. The summed E-state index contributed by atoms with van der Waals surface area (Å²) in [6.45, 7) is 2.59. The number of rotatable bonds is 6. The molecule has 3 rings (SSSR count). The van der Waals surface area contributed by atoms with E-state index in [1.54, 1.807) is 31.2 Å². The van der Waals surface area contributed by atoms with Gasteiger partial charge < -0.3 is 5.32 Å². The van der Waals surface area contributed by atoms with Crippen LogP contribution in [0.15, 0.2) is 47.4 Å². The first-order valence-corrected chi connectivity index (χ1v) is 11.0. The molecule has 1 saturated heterocycles. The zero-order valence-corrected chi connectivity index (χ0v) is 17.0. The Kier molecular flexibility index (Phi) is 6.64. The number of piperidine rings is 1. The Labute approximate surface area is 169 Å². The van der Waals surface area contributed by atoms with Crippen LogP contribution in [0.1, 0.15) is 31.2 Å². The number of sulfonamides is 1. The third kappa shape index (κ3) is 5.19. The minimum absolute atomic E-state index is 0.0476. The minimum atomic E-state index is -3.57. The first-order chi connectivity index (χ1) is 13.8. The van der Waals surface area contributed by atoms with Gasteiger partial charge in [0.15, 0.2) is 0 Å². The predicted molar refractivity (Wildman–Crippen MR) is 107 cm³/mol. The molecule has 1 fully saturated rings. The second-order valence-corrected chi connectivity index (χ2v) is 9.25. The zero-order valence-electron chi connectivity index (χ0n) is 16.2. The molecular formula is C21H24F2N2O3S. The first kappa shape index (κ1) is 21.4. The van der Waals surface area contributed by atoms with Crippen LogP contribution in [0.25, 0.3) is 0 Å². The Morgan fingerprint density at radius 1 is 1.21 bits per heavy atom. The van der Waals surface area contributed by atoms with Crippen molar-refractivity contribution in [2.24, 2.45) is 5.92 Å². The number of amides is 1. The second kappa shape index (κ2) is 9.00. The second-order valence-electron chi connectivity index (χ2n) is 7.35. The highest BCUT2D eigenvalue weighted by molar-refractivity contribution is 7.89. The van der Waals surface area contributed by atoms with Crippen molar-refractivity contribution in [2.45, 2.75) is 37.5 Å². The van der Waals surface area contributed by atoms with Crippen LogP contribution in [0.2, 0.25) is 0 Å². The van der Waals surface area contributed by atoms with E-state index < -0.39 is 21.7 Å². The fourth-order valence-electron chi connectivity index (χ4n) is 3.60. The summed E-state index contributed by atoms with van der Waals surface area (Å²) >= 11 is 0. The maximum absolute atomic E-state index is 13.7. The Bertz CT molecular complexity index is 995. The maximum atomic E-state index is 13.7. The molecule has 0 aliphatic carbocycles. The number of carbonyl (C=O) groups is 1. The van der Waals surface area contributed by atoms with Crippen molar-refractivity contribution in [1.82, 2.24) is 4.31 Å². The van der Waals surface area contributed by atoms with E-state index in [-0.39, 0.29) is 23.9 Å². The topological polar surface area (TPSA) is 66.5 Å². The maximum Gasteiger partial charge on any atom is 0.243 e. The van der Waals surface area contributed by atoms with Gasteiger partial charge >= 0.3 is 0 Å². The molecular weight excluding hydrogens is 398 g/mol. The molecule has 1 aliphatic rings. The summed E-state index contributed by atoms with van der Waals surface area (Å²) in [5, 5.41) is 2.44. The van der Waals surface area contributed by atoms with Gasteiger partial charge in [-0.3, -0.25) is 4.79 Å². The molecule has 1 amide bonds. The number of aryl methyl sites for hydroxylation is 1. The summed E-state index contributed by atoms with van der Waals surface area (Å²) < 4.78 is 54.0. The lowest BCUT2D eigenvalue weighted by Crippen LogP contribution is -2.40. The lowest BCUT2D eigenvalue weighted by Gasteiger charge is -2.32. The summed E-state index contributed by atoms with van der Waals surface area (Å²) in [5.74, 6) is -1.87. The van der Waals surface area contributed by atoms with Crippen LogP contribution in [-0.2, 0) is 14.8 Å². The van der Waals surface area contributed by atoms with E-state index in [0.717, 1.165) is 18.9 Å². The number of benzene rings is 2. The number of anilines is 1. The van der Waals surface area contributed by atoms with Gasteiger partial charge in [-0.1, -0.05) is 18.2 Å². The van der Waals surface area contributed by atoms with Gasteiger partial charge in [-0.05, 0) is 55.9 Å². The summed E-state index contributed by atoms with van der Waals surface area (Å²) in [6, 6.07) is 9.86. The normalized spacial score (nSPS) is 17.8. The molecule has 0 saturated carbocycles. The van der Waals surface area contributed by atoms with Gasteiger partial charge in [0, 0.05) is 25.6 Å². The fraction of sp³-hybridized carbons (Fsp3) is 0.381. The molecule has 5 nitrogen and oxygen atoms in total. The highest BCUT2D eigenvalue weighted by atomic mass is 32.2. The van der Waals surface area contributed by atoms with Crippen molar-refractivity contribution in [2.75, 3.05) is 18.4 Å². The molecule has 0 spiro atoms. The van der Waals surface area contributed by atoms with Crippen LogP contribution in [-0.4, -0.2) is 31.7 Å². The predicted octanol–water partition coefficient (Wildman–Crippen LogP) is 4.09. The van der Waals surface area contributed by atoms with Crippen molar-refractivity contribution in [3.05, 3.63) is 59.7 Å². The molecule has 29 heavy (non-hydrogen) atoms. The SMILES string of the molecule is Cc1ccccc1S(=O)(=O)N1CCCC(CCC(=O)Nc2ccc(F)cc2F)C1. The monoisotopic (exact) mass is 422 g/mol. The smallest absolute Gasteiger partial charge is 0.243 e. The molecule has 8 heteroatoms. The standard InChI is InChI=1S/C21H24F2N2O3S/c1-15-5-2-3-7-20(15)29(27,28)25-12-4-6-16(14-25)8-11-21(26)24-19-10-9-17(22)13-18(19)23/h2-3,5,7,9-10,13,16H,4,6,8,11-12,14H2,1H3,(H,24,26). The minimum Gasteiger partial charge on any atom is -0.324 e. The van der Waals surface area contributed by atoms with Crippen molar-refractivity contribution in [3.63, 3.8) is 0 Å². The Morgan fingerprint density at radius 3 is 2.69 bits per heavy atom. The molecule has 0 radical (unpaired) electrons. The third-order valence-corrected chi connectivity index (χ3v) is 7.20. The van der Waals surface area contributed by atoms with Crippen molar-refractivity contribution in [1.29, 1.82) is 0 Å². The highest BCUT2D eigenvalue weighted by Crippen LogP contribution is 2.28. The van der Waals surface area contributed by atoms with Crippen LogP contribution >= 0.6 is 0 Å². The van der Waals surface area contributed by atoms with E-state index in [4.69, 9.17) is 0 Å². The Morgan fingerprint density at radius 2 is 1.97 bits per heavy atom. The highest BCUT2D eigenvalue weighted by Gasteiger charge is 2.31. The number of hydrogen-bond donors (Lipinski definition) is 1. The molecule has 0 aromatic heterocycles. The summed E-state index contributed by atoms with van der Waals surface area (Å²) in [6.07, 6.45) is 2.19. The Balaban J connectivity index is 1.58. The lowest BCUT2D eigenvalue weighted by atomic mass is 9.94. The number of carbonyl (C=O) groups excluding carboxylic acids is 1. The lowest BCUT2D eigenvalue weighted by molar-refractivity contribution is -0.116. The number of halogens is 2. The number of hydrogen-bond acceptors (Lipinski definition) is 3. The van der Waals surface area contributed by atoms with Crippen LogP contribution in [0.5, 0.6) is 0 Å². The van der Waals surface area contributed by atoms with Crippen LogP contribution in [0.3, 0.4) is 0 Å². The molecule has 1 aliphatic heterocycles. The third-order valence-electron chi connectivity index (χ3n) is 5.18. The van der Waals surface area contributed by atoms with Crippen LogP contribution in [0, 0.1) is 24.5 Å². The molecule has 2 aromatic rings. The first-order valence-electron chi connectivity index (χ1n) is 9.58. The summed E-state index contributed by atoms with van der Waals surface area (Å²) in [7, 11) is -3.57. The van der Waals surface area contributed by atoms with E-state index in [2.05, 4.69) is 5.32 Å². The van der Waals surface area contributed by atoms with Crippen LogP contribution < -0.4 is 5.32 Å². The molecule has 156 valence electrons. The summed E-state index contributed by atoms with van der Waals surface area (Å²) in [4.78, 5) is 12.4. The van der Waals surface area contributed by atoms with E-state index >= 15 is 0 Å². The van der Waals surface area contributed by atoms with Gasteiger partial charge in [0.1, 0.15) is 11.6 Å². The fourth-order valence-corrected chi connectivity index (χ4v) is 5.38. The average molecular weight is 422 g/mol. The van der Waals surface area contributed by atoms with Gasteiger partial charge in [-0.15, -0.1) is 0 Å². The van der Waals surface area contributed by atoms with E-state index in [1.807, 2.05) is 0 Å². The van der Waals surface area contributed by atoms with E-state index in [1.165, 1.54) is 10.4 Å². The van der Waals surface area contributed by atoms with Crippen molar-refractivity contribution >= 4 is 21.6 Å². The summed E-state index contributed by atoms with van der Waals surface area (Å²) in [5.41, 5.74) is 0.638. The van der Waals surface area contributed by atoms with Gasteiger partial charge in [0.2, 0.25) is 15.9 Å². The van der Waals surface area contributed by atoms with Crippen molar-refractivity contribution in [3.8, 4) is 0 Å². The Hall–Kier alpha value is -2.32. The molecule has 1 atom stereocenters. The quantitative estimate of drug-likeness (QED) is 0.762. The average Bonchev–Trinajstić information content (AvgIpc) is 2.69. The van der Waals surface area contributed by atoms with Gasteiger partial charge in [0.25, 0.3) is 0 Å². The molecule has 1 unspecified atom stereocenters. The molecule has 1 heterocycles. The van der Waals surface area contributed by atoms with Gasteiger partial charge in [-0.25, -0.2) is 17.2 Å². The molecule has 2 aromatic carbocycles. The largest absolute Gasteiger partial charge is 0.324 e.